The molecule has 2 N–H and O–H groups in total. The predicted octanol–water partition coefficient (Wildman–Crippen LogP) is 1.37. The summed E-state index contributed by atoms with van der Waals surface area (Å²) in [5, 5.41) is 4.05. The standard InChI is InChI=1S/C11H19N3O2/c1-5-8-6-14(13-10(8)12)7-9(15)16-11(2,3)4/h6H,5,7H2,1-4H3,(H2,12,13). The highest BCUT2D eigenvalue weighted by atomic mass is 16.6. The van der Waals surface area contributed by atoms with Crippen molar-refractivity contribution in [1.82, 2.24) is 9.78 Å². The van der Waals surface area contributed by atoms with Crippen LogP contribution in [0, 0.1) is 0 Å². The number of carbonyl (C=O) groups is 1. The Balaban J connectivity index is 2.63. The van der Waals surface area contributed by atoms with E-state index in [0.717, 1.165) is 12.0 Å². The van der Waals surface area contributed by atoms with Gasteiger partial charge in [-0.1, -0.05) is 6.92 Å². The Hall–Kier alpha value is -1.52. The molecule has 0 unspecified atom stereocenters. The molecule has 16 heavy (non-hydrogen) atoms. The van der Waals surface area contributed by atoms with Crippen molar-refractivity contribution in [2.24, 2.45) is 0 Å². The third-order valence-electron chi connectivity index (χ3n) is 1.96. The predicted molar refractivity (Wildman–Crippen MR) is 61.9 cm³/mol. The maximum absolute atomic E-state index is 11.5. The van der Waals surface area contributed by atoms with Gasteiger partial charge in [-0.25, -0.2) is 0 Å². The molecule has 0 radical (unpaired) electrons. The topological polar surface area (TPSA) is 70.1 Å². The molecule has 1 aromatic heterocycles. The molecule has 0 atom stereocenters. The van der Waals surface area contributed by atoms with Crippen LogP contribution in [0.1, 0.15) is 33.3 Å². The van der Waals surface area contributed by atoms with E-state index in [4.69, 9.17) is 10.5 Å². The molecule has 5 nitrogen and oxygen atoms in total. The van der Waals surface area contributed by atoms with Crippen molar-refractivity contribution in [3.63, 3.8) is 0 Å². The number of aromatic nitrogens is 2. The number of nitrogens with zero attached hydrogens (tertiary/aromatic N) is 2. The lowest BCUT2D eigenvalue weighted by atomic mass is 10.2. The van der Waals surface area contributed by atoms with E-state index in [9.17, 15) is 4.79 Å². The van der Waals surface area contributed by atoms with Crippen LogP contribution in [0.3, 0.4) is 0 Å². The fraction of sp³-hybridized carbons (Fsp3) is 0.636. The number of esters is 1. The Morgan fingerprint density at radius 3 is 2.62 bits per heavy atom. The largest absolute Gasteiger partial charge is 0.459 e. The molecule has 0 spiro atoms. The number of nitrogens with two attached hydrogens (primary N) is 1. The summed E-state index contributed by atoms with van der Waals surface area (Å²) >= 11 is 0. The second-order valence-corrected chi connectivity index (χ2v) is 4.68. The first kappa shape index (κ1) is 12.5. The molecule has 90 valence electrons. The van der Waals surface area contributed by atoms with E-state index in [1.54, 1.807) is 6.20 Å². The van der Waals surface area contributed by atoms with Gasteiger partial charge in [-0.2, -0.15) is 5.10 Å². The third-order valence-corrected chi connectivity index (χ3v) is 1.96. The molecule has 1 heterocycles. The van der Waals surface area contributed by atoms with Gasteiger partial charge in [-0.15, -0.1) is 0 Å². The highest BCUT2D eigenvalue weighted by molar-refractivity contribution is 5.69. The average Bonchev–Trinajstić information content (AvgIpc) is 2.42. The Kier molecular flexibility index (Phi) is 3.57. The summed E-state index contributed by atoms with van der Waals surface area (Å²) in [7, 11) is 0. The normalized spacial score (nSPS) is 11.5. The summed E-state index contributed by atoms with van der Waals surface area (Å²) in [6.45, 7) is 7.59. The van der Waals surface area contributed by atoms with E-state index in [1.165, 1.54) is 4.68 Å². The second-order valence-electron chi connectivity index (χ2n) is 4.68. The molecular weight excluding hydrogens is 206 g/mol. The highest BCUT2D eigenvalue weighted by Crippen LogP contribution is 2.11. The molecule has 0 bridgehead atoms. The first-order valence-corrected chi connectivity index (χ1v) is 5.35. The summed E-state index contributed by atoms with van der Waals surface area (Å²) < 4.78 is 6.70. The van der Waals surface area contributed by atoms with Crippen LogP contribution in [-0.2, 0) is 22.5 Å². The molecule has 0 aliphatic heterocycles. The lowest BCUT2D eigenvalue weighted by Gasteiger charge is -2.19. The zero-order valence-corrected chi connectivity index (χ0v) is 10.3. The molecule has 5 heteroatoms. The number of aryl methyl sites for hydroxylation is 1. The van der Waals surface area contributed by atoms with E-state index in [-0.39, 0.29) is 12.5 Å². The Morgan fingerprint density at radius 2 is 2.19 bits per heavy atom. The Morgan fingerprint density at radius 1 is 1.56 bits per heavy atom. The van der Waals surface area contributed by atoms with E-state index < -0.39 is 5.60 Å². The first-order chi connectivity index (χ1) is 7.31. The monoisotopic (exact) mass is 225 g/mol. The van der Waals surface area contributed by atoms with Gasteiger partial charge >= 0.3 is 5.97 Å². The van der Waals surface area contributed by atoms with Crippen LogP contribution in [0.4, 0.5) is 5.82 Å². The summed E-state index contributed by atoms with van der Waals surface area (Å²) in [6, 6.07) is 0. The van der Waals surface area contributed by atoms with Crippen LogP contribution in [-0.4, -0.2) is 21.4 Å². The zero-order chi connectivity index (χ0) is 12.3. The van der Waals surface area contributed by atoms with Gasteiger partial charge in [0, 0.05) is 11.8 Å². The van der Waals surface area contributed by atoms with Gasteiger partial charge in [0.15, 0.2) is 0 Å². The van der Waals surface area contributed by atoms with Crippen molar-refractivity contribution < 1.29 is 9.53 Å². The molecule has 1 aromatic rings. The lowest BCUT2D eigenvalue weighted by molar-refractivity contribution is -0.155. The molecule has 1 rings (SSSR count). The van der Waals surface area contributed by atoms with E-state index >= 15 is 0 Å². The van der Waals surface area contributed by atoms with Gasteiger partial charge in [0.25, 0.3) is 0 Å². The van der Waals surface area contributed by atoms with Crippen molar-refractivity contribution in [3.8, 4) is 0 Å². The number of nitrogen functional groups attached to an aromatic ring is 1. The number of hydrogen-bond donors (Lipinski definition) is 1. The lowest BCUT2D eigenvalue weighted by Crippen LogP contribution is -2.26. The number of rotatable bonds is 3. The smallest absolute Gasteiger partial charge is 0.328 e. The number of hydrogen-bond acceptors (Lipinski definition) is 4. The molecule has 0 saturated carbocycles. The average molecular weight is 225 g/mol. The van der Waals surface area contributed by atoms with Crippen LogP contribution in [0.15, 0.2) is 6.20 Å². The van der Waals surface area contributed by atoms with Crippen LogP contribution in [0.2, 0.25) is 0 Å². The first-order valence-electron chi connectivity index (χ1n) is 5.35. The summed E-state index contributed by atoms with van der Waals surface area (Å²) in [4.78, 5) is 11.5. The molecule has 0 saturated heterocycles. The van der Waals surface area contributed by atoms with Gasteiger partial charge in [0.2, 0.25) is 0 Å². The summed E-state index contributed by atoms with van der Waals surface area (Å²) in [5.74, 6) is 0.170. The Labute approximate surface area is 95.6 Å². The minimum atomic E-state index is -0.469. The minimum absolute atomic E-state index is 0.0987. The van der Waals surface area contributed by atoms with Crippen LogP contribution < -0.4 is 5.73 Å². The fourth-order valence-electron chi connectivity index (χ4n) is 1.34. The van der Waals surface area contributed by atoms with Crippen LogP contribution in [0.25, 0.3) is 0 Å². The third kappa shape index (κ3) is 3.56. The number of anilines is 1. The zero-order valence-electron chi connectivity index (χ0n) is 10.3. The van der Waals surface area contributed by atoms with Gasteiger partial charge in [-0.05, 0) is 27.2 Å². The van der Waals surface area contributed by atoms with Crippen molar-refractivity contribution in [3.05, 3.63) is 11.8 Å². The van der Waals surface area contributed by atoms with Crippen molar-refractivity contribution in [2.45, 2.75) is 46.3 Å². The van der Waals surface area contributed by atoms with Crippen LogP contribution in [0.5, 0.6) is 0 Å². The van der Waals surface area contributed by atoms with E-state index in [1.807, 2.05) is 27.7 Å². The summed E-state index contributed by atoms with van der Waals surface area (Å²) in [6.07, 6.45) is 2.58. The molecule has 0 aliphatic rings. The maximum atomic E-state index is 11.5. The van der Waals surface area contributed by atoms with Crippen LogP contribution >= 0.6 is 0 Å². The Bertz CT molecular complexity index is 377. The molecule has 0 aromatic carbocycles. The minimum Gasteiger partial charge on any atom is -0.459 e. The number of ether oxygens (including phenoxy) is 1. The molecule has 0 fully saturated rings. The van der Waals surface area contributed by atoms with Crippen molar-refractivity contribution in [1.29, 1.82) is 0 Å². The van der Waals surface area contributed by atoms with Gasteiger partial charge in [0.05, 0.1) is 0 Å². The maximum Gasteiger partial charge on any atom is 0.328 e. The summed E-state index contributed by atoms with van der Waals surface area (Å²) in [5.41, 5.74) is 6.15. The second kappa shape index (κ2) is 4.55. The van der Waals surface area contributed by atoms with E-state index in [2.05, 4.69) is 5.10 Å². The molecule has 0 amide bonds. The van der Waals surface area contributed by atoms with Gasteiger partial charge in [0.1, 0.15) is 18.0 Å². The fourth-order valence-corrected chi connectivity index (χ4v) is 1.34. The van der Waals surface area contributed by atoms with E-state index in [0.29, 0.717) is 5.82 Å². The van der Waals surface area contributed by atoms with Gasteiger partial charge in [-0.3, -0.25) is 9.48 Å². The number of carbonyl (C=O) groups excluding carboxylic acids is 1. The van der Waals surface area contributed by atoms with Crippen molar-refractivity contribution in [2.75, 3.05) is 5.73 Å². The molecular formula is C11H19N3O2. The quantitative estimate of drug-likeness (QED) is 0.789. The highest BCUT2D eigenvalue weighted by Gasteiger charge is 2.17. The molecule has 0 aliphatic carbocycles. The SMILES string of the molecule is CCc1cn(CC(=O)OC(C)(C)C)nc1N. The van der Waals surface area contributed by atoms with Gasteiger partial charge < -0.3 is 10.5 Å². The van der Waals surface area contributed by atoms with Crippen molar-refractivity contribution >= 4 is 11.8 Å².